The fourth-order valence-corrected chi connectivity index (χ4v) is 1.12. The molecule has 0 saturated carbocycles. The smallest absolute Gasteiger partial charge is 0.149 e. The molecule has 0 unspecified atom stereocenters. The highest BCUT2D eigenvalue weighted by atomic mass is 19.1. The zero-order valence-electron chi connectivity index (χ0n) is 7.32. The minimum Gasteiger partial charge on any atom is -0.385 e. The first kappa shape index (κ1) is 8.78. The molecule has 0 heterocycles. The van der Waals surface area contributed by atoms with E-state index in [4.69, 9.17) is 0 Å². The second kappa shape index (κ2) is 3.39. The second-order valence-corrected chi connectivity index (χ2v) is 2.61. The topological polar surface area (TPSA) is 12.0 Å². The highest BCUT2D eigenvalue weighted by Crippen LogP contribution is 2.22. The Bertz CT molecular complexity index is 305. The Balaban J connectivity index is 3.35. The number of hydrogen-bond acceptors (Lipinski definition) is 1. The van der Waals surface area contributed by atoms with Gasteiger partial charge in [0.2, 0.25) is 0 Å². The van der Waals surface area contributed by atoms with Crippen LogP contribution in [0.5, 0.6) is 0 Å². The van der Waals surface area contributed by atoms with Gasteiger partial charge >= 0.3 is 0 Å². The van der Waals surface area contributed by atoms with Crippen LogP contribution in [0.3, 0.4) is 0 Å². The summed E-state index contributed by atoms with van der Waals surface area (Å²) in [5.74, 6) is -0.199. The van der Waals surface area contributed by atoms with Crippen LogP contribution in [0.2, 0.25) is 0 Å². The van der Waals surface area contributed by atoms with Gasteiger partial charge in [0, 0.05) is 12.6 Å². The lowest BCUT2D eigenvalue weighted by Gasteiger charge is -2.08. The van der Waals surface area contributed by atoms with Crippen LogP contribution in [0.4, 0.5) is 10.1 Å². The molecular weight excluding hydrogens is 153 g/mol. The van der Waals surface area contributed by atoms with Crippen molar-refractivity contribution in [1.29, 1.82) is 0 Å². The maximum atomic E-state index is 13.3. The highest BCUT2D eigenvalue weighted by molar-refractivity contribution is 5.67. The van der Waals surface area contributed by atoms with Crippen molar-refractivity contribution >= 4 is 11.8 Å². The van der Waals surface area contributed by atoms with Crippen molar-refractivity contribution in [3.05, 3.63) is 35.7 Å². The molecule has 1 nitrogen and oxygen atoms in total. The molecule has 0 aliphatic rings. The average Bonchev–Trinajstić information content (AvgIpc) is 2.09. The first-order valence-corrected chi connectivity index (χ1v) is 3.80. The minimum absolute atomic E-state index is 0.199. The molecule has 0 aliphatic heterocycles. The Morgan fingerprint density at radius 1 is 1.50 bits per heavy atom. The normalized spacial score (nSPS) is 9.58. The van der Waals surface area contributed by atoms with Crippen molar-refractivity contribution in [2.24, 2.45) is 0 Å². The van der Waals surface area contributed by atoms with Gasteiger partial charge in [0.1, 0.15) is 5.82 Å². The SMILES string of the molecule is C=Cc1ccc(C)c(F)c1NC. The predicted octanol–water partition coefficient (Wildman–Crippen LogP) is 2.82. The minimum atomic E-state index is -0.199. The molecule has 64 valence electrons. The molecule has 2 heteroatoms. The third-order valence-corrected chi connectivity index (χ3v) is 1.84. The lowest BCUT2D eigenvalue weighted by molar-refractivity contribution is 0.622. The second-order valence-electron chi connectivity index (χ2n) is 2.61. The van der Waals surface area contributed by atoms with Crippen LogP contribution in [-0.2, 0) is 0 Å². The molecule has 0 aliphatic carbocycles. The van der Waals surface area contributed by atoms with Crippen LogP contribution in [0, 0.1) is 12.7 Å². The van der Waals surface area contributed by atoms with Crippen molar-refractivity contribution in [2.45, 2.75) is 6.92 Å². The average molecular weight is 165 g/mol. The number of halogens is 1. The van der Waals surface area contributed by atoms with Gasteiger partial charge in [-0.25, -0.2) is 4.39 Å². The number of hydrogen-bond donors (Lipinski definition) is 1. The standard InChI is InChI=1S/C10H12FN/c1-4-8-6-5-7(2)9(11)10(8)12-3/h4-6,12H,1H2,2-3H3. The molecule has 12 heavy (non-hydrogen) atoms. The van der Waals surface area contributed by atoms with E-state index in [1.54, 1.807) is 26.1 Å². The van der Waals surface area contributed by atoms with E-state index in [0.29, 0.717) is 11.3 Å². The summed E-state index contributed by atoms with van der Waals surface area (Å²) in [4.78, 5) is 0. The van der Waals surface area contributed by atoms with Crippen LogP contribution in [0.25, 0.3) is 6.08 Å². The third kappa shape index (κ3) is 1.33. The molecular formula is C10H12FN. The van der Waals surface area contributed by atoms with Crippen LogP contribution in [0.1, 0.15) is 11.1 Å². The molecule has 0 spiro atoms. The molecule has 1 aromatic rings. The van der Waals surface area contributed by atoms with Crippen molar-refractivity contribution in [3.63, 3.8) is 0 Å². The van der Waals surface area contributed by atoms with Gasteiger partial charge in [-0.05, 0) is 12.5 Å². The lowest BCUT2D eigenvalue weighted by atomic mass is 10.1. The molecule has 0 bridgehead atoms. The molecule has 0 atom stereocenters. The molecule has 0 aromatic heterocycles. The summed E-state index contributed by atoms with van der Waals surface area (Å²) >= 11 is 0. The number of benzene rings is 1. The zero-order valence-corrected chi connectivity index (χ0v) is 7.32. The Morgan fingerprint density at radius 3 is 2.67 bits per heavy atom. The zero-order chi connectivity index (χ0) is 9.14. The van der Waals surface area contributed by atoms with Crippen molar-refractivity contribution in [1.82, 2.24) is 0 Å². The van der Waals surface area contributed by atoms with Gasteiger partial charge in [-0.15, -0.1) is 0 Å². The van der Waals surface area contributed by atoms with Crippen molar-refractivity contribution in [3.8, 4) is 0 Å². The molecule has 0 radical (unpaired) electrons. The summed E-state index contributed by atoms with van der Waals surface area (Å²) in [6, 6.07) is 3.59. The maximum absolute atomic E-state index is 13.3. The van der Waals surface area contributed by atoms with E-state index in [9.17, 15) is 4.39 Å². The summed E-state index contributed by atoms with van der Waals surface area (Å²) in [6.45, 7) is 5.34. The van der Waals surface area contributed by atoms with Crippen LogP contribution in [-0.4, -0.2) is 7.05 Å². The van der Waals surface area contributed by atoms with E-state index in [1.165, 1.54) is 0 Å². The van der Waals surface area contributed by atoms with Crippen molar-refractivity contribution < 1.29 is 4.39 Å². The summed E-state index contributed by atoms with van der Waals surface area (Å²) in [6.07, 6.45) is 1.63. The molecule has 1 N–H and O–H groups in total. The molecule has 0 saturated heterocycles. The fourth-order valence-electron chi connectivity index (χ4n) is 1.12. The fraction of sp³-hybridized carbons (Fsp3) is 0.200. The monoisotopic (exact) mass is 165 g/mol. The number of nitrogens with one attached hydrogen (secondary N) is 1. The number of anilines is 1. The van der Waals surface area contributed by atoms with E-state index in [1.807, 2.05) is 6.07 Å². The van der Waals surface area contributed by atoms with Gasteiger partial charge in [-0.1, -0.05) is 24.8 Å². The molecule has 0 amide bonds. The predicted molar refractivity (Wildman–Crippen MR) is 50.8 cm³/mol. The molecule has 1 rings (SSSR count). The Hall–Kier alpha value is -1.31. The van der Waals surface area contributed by atoms with Gasteiger partial charge in [0.25, 0.3) is 0 Å². The molecule has 1 aromatic carbocycles. The van der Waals surface area contributed by atoms with E-state index in [0.717, 1.165) is 5.56 Å². The lowest BCUT2D eigenvalue weighted by Crippen LogP contribution is -1.97. The summed E-state index contributed by atoms with van der Waals surface area (Å²) in [5.41, 5.74) is 1.95. The Labute approximate surface area is 71.9 Å². The Morgan fingerprint density at radius 2 is 2.17 bits per heavy atom. The van der Waals surface area contributed by atoms with Crippen molar-refractivity contribution in [2.75, 3.05) is 12.4 Å². The van der Waals surface area contributed by atoms with E-state index in [-0.39, 0.29) is 5.82 Å². The molecule has 0 fully saturated rings. The van der Waals surface area contributed by atoms with Crippen LogP contribution in [0.15, 0.2) is 18.7 Å². The van der Waals surface area contributed by atoms with Crippen LogP contribution < -0.4 is 5.32 Å². The first-order chi connectivity index (χ1) is 5.70. The van der Waals surface area contributed by atoms with Gasteiger partial charge in [0.15, 0.2) is 0 Å². The maximum Gasteiger partial charge on any atom is 0.149 e. The van der Waals surface area contributed by atoms with E-state index >= 15 is 0 Å². The Kier molecular flexibility index (Phi) is 2.48. The van der Waals surface area contributed by atoms with Gasteiger partial charge in [-0.2, -0.15) is 0 Å². The first-order valence-electron chi connectivity index (χ1n) is 3.80. The summed E-state index contributed by atoms with van der Waals surface area (Å²) in [7, 11) is 1.70. The highest BCUT2D eigenvalue weighted by Gasteiger charge is 2.06. The quantitative estimate of drug-likeness (QED) is 0.710. The third-order valence-electron chi connectivity index (χ3n) is 1.84. The van der Waals surface area contributed by atoms with Gasteiger partial charge in [0.05, 0.1) is 5.69 Å². The van der Waals surface area contributed by atoms with Gasteiger partial charge in [-0.3, -0.25) is 0 Å². The van der Waals surface area contributed by atoms with E-state index < -0.39 is 0 Å². The number of aryl methyl sites for hydroxylation is 1. The summed E-state index contributed by atoms with van der Waals surface area (Å²) < 4.78 is 13.3. The van der Waals surface area contributed by atoms with Crippen LogP contribution >= 0.6 is 0 Å². The number of rotatable bonds is 2. The largest absolute Gasteiger partial charge is 0.385 e. The van der Waals surface area contributed by atoms with E-state index in [2.05, 4.69) is 11.9 Å². The van der Waals surface area contributed by atoms with Gasteiger partial charge < -0.3 is 5.32 Å². The summed E-state index contributed by atoms with van der Waals surface area (Å²) in [5, 5.41) is 2.81.